The largest absolute Gasteiger partial charge is 0.496 e. The van der Waals surface area contributed by atoms with Crippen molar-refractivity contribution in [1.82, 2.24) is 0 Å². The predicted octanol–water partition coefficient (Wildman–Crippen LogP) is 3.31. The van der Waals surface area contributed by atoms with Gasteiger partial charge in [0.25, 0.3) is 0 Å². The lowest BCUT2D eigenvalue weighted by molar-refractivity contribution is -0.124. The average molecular weight is 267 g/mol. The molecule has 0 N–H and O–H groups in total. The van der Waals surface area contributed by atoms with Crippen molar-refractivity contribution in [3.63, 3.8) is 0 Å². The fourth-order valence-corrected chi connectivity index (χ4v) is 2.62. The van der Waals surface area contributed by atoms with Gasteiger partial charge < -0.3 is 4.74 Å². The fourth-order valence-electron chi connectivity index (χ4n) is 2.41. The number of ether oxygens (including phenoxy) is 1. The lowest BCUT2D eigenvalue weighted by Crippen LogP contribution is -2.23. The Balaban J connectivity index is 2.61. The zero-order valence-corrected chi connectivity index (χ0v) is 11.4. The van der Waals surface area contributed by atoms with Gasteiger partial charge in [0.1, 0.15) is 11.5 Å². The third-order valence-electron chi connectivity index (χ3n) is 3.46. The molecule has 0 aromatic heterocycles. The Bertz CT molecular complexity index is 526. The van der Waals surface area contributed by atoms with Gasteiger partial charge in [-0.05, 0) is 25.5 Å². The van der Waals surface area contributed by atoms with Crippen molar-refractivity contribution < 1.29 is 14.3 Å². The molecule has 96 valence electrons. The number of methoxy groups -OCH3 is 1. The van der Waals surface area contributed by atoms with Crippen LogP contribution < -0.4 is 4.74 Å². The molecule has 1 aliphatic carbocycles. The number of hydrogen-bond donors (Lipinski definition) is 0. The number of carbonyl (C=O) groups is 2. The minimum Gasteiger partial charge on any atom is -0.496 e. The lowest BCUT2D eigenvalue weighted by atomic mass is 9.76. The quantitative estimate of drug-likeness (QED) is 0.789. The molecule has 18 heavy (non-hydrogen) atoms. The van der Waals surface area contributed by atoms with E-state index in [0.29, 0.717) is 29.2 Å². The van der Waals surface area contributed by atoms with Crippen molar-refractivity contribution in [1.29, 1.82) is 0 Å². The predicted molar refractivity (Wildman–Crippen MR) is 69.7 cm³/mol. The molecular formula is C14H15ClO3. The summed E-state index contributed by atoms with van der Waals surface area (Å²) in [7, 11) is 1.54. The smallest absolute Gasteiger partial charge is 0.163 e. The Morgan fingerprint density at radius 1 is 1.44 bits per heavy atom. The summed E-state index contributed by atoms with van der Waals surface area (Å²) < 4.78 is 5.37. The Morgan fingerprint density at radius 2 is 2.06 bits per heavy atom. The highest BCUT2D eigenvalue weighted by molar-refractivity contribution is 6.32. The molecule has 1 aromatic carbocycles. The third-order valence-corrected chi connectivity index (χ3v) is 3.85. The highest BCUT2D eigenvalue weighted by atomic mass is 35.5. The summed E-state index contributed by atoms with van der Waals surface area (Å²) in [6.45, 7) is 3.38. The van der Waals surface area contributed by atoms with Gasteiger partial charge in [-0.1, -0.05) is 11.6 Å². The first kappa shape index (κ1) is 13.1. The van der Waals surface area contributed by atoms with Gasteiger partial charge in [-0.2, -0.15) is 0 Å². The molecule has 0 aliphatic heterocycles. The van der Waals surface area contributed by atoms with Crippen LogP contribution in [-0.4, -0.2) is 18.7 Å². The molecule has 0 bridgehead atoms. The fraction of sp³-hybridized carbons (Fsp3) is 0.429. The van der Waals surface area contributed by atoms with E-state index < -0.39 is 0 Å². The first-order chi connectivity index (χ1) is 8.45. The zero-order valence-electron chi connectivity index (χ0n) is 10.7. The Labute approximate surface area is 111 Å². The normalized spacial score (nSPS) is 15.4. The van der Waals surface area contributed by atoms with E-state index in [1.807, 2.05) is 6.92 Å². The van der Waals surface area contributed by atoms with Gasteiger partial charge in [-0.25, -0.2) is 0 Å². The van der Waals surface area contributed by atoms with E-state index in [1.54, 1.807) is 13.2 Å². The third kappa shape index (κ3) is 2.03. The van der Waals surface area contributed by atoms with E-state index in [-0.39, 0.29) is 17.5 Å². The Hall–Kier alpha value is -1.35. The lowest BCUT2D eigenvalue weighted by Gasteiger charge is -2.29. The van der Waals surface area contributed by atoms with Crippen molar-refractivity contribution in [2.75, 3.05) is 7.11 Å². The molecule has 1 aliphatic rings. The maximum absolute atomic E-state index is 11.6. The van der Waals surface area contributed by atoms with Crippen LogP contribution >= 0.6 is 11.6 Å². The number of hydrogen-bond acceptors (Lipinski definition) is 3. The first-order valence-corrected chi connectivity index (χ1v) is 6.23. The highest BCUT2D eigenvalue weighted by Crippen LogP contribution is 2.44. The number of Topliss-reactive ketones (excluding diaryl/α,β-unsaturated/α-hetero) is 2. The highest BCUT2D eigenvalue weighted by Gasteiger charge is 2.33. The number of ketones is 2. The van der Waals surface area contributed by atoms with E-state index in [0.717, 1.165) is 11.1 Å². The number of rotatable bonds is 3. The van der Waals surface area contributed by atoms with Crippen LogP contribution in [0.2, 0.25) is 5.02 Å². The summed E-state index contributed by atoms with van der Waals surface area (Å²) in [5.41, 5.74) is 2.30. The standard InChI is InChI=1S/C14H15ClO3/c1-7-12(15)6-11(8(2)16)14(18-3)13(7)9-4-10(17)5-9/h6,9H,4-5H2,1-3H3. The number of benzene rings is 1. The maximum Gasteiger partial charge on any atom is 0.163 e. The SMILES string of the molecule is COc1c(C(C)=O)cc(Cl)c(C)c1C1CC(=O)C1. The van der Waals surface area contributed by atoms with E-state index >= 15 is 0 Å². The van der Waals surface area contributed by atoms with E-state index in [2.05, 4.69) is 0 Å². The van der Waals surface area contributed by atoms with Gasteiger partial charge >= 0.3 is 0 Å². The molecule has 0 spiro atoms. The molecule has 1 saturated carbocycles. The van der Waals surface area contributed by atoms with Gasteiger partial charge in [0, 0.05) is 29.3 Å². The molecule has 0 atom stereocenters. The minimum atomic E-state index is -0.0827. The van der Waals surface area contributed by atoms with Gasteiger partial charge in [-0.15, -0.1) is 0 Å². The summed E-state index contributed by atoms with van der Waals surface area (Å²) in [4.78, 5) is 22.8. The van der Waals surface area contributed by atoms with E-state index in [9.17, 15) is 9.59 Å². The van der Waals surface area contributed by atoms with Crippen molar-refractivity contribution in [2.24, 2.45) is 0 Å². The van der Waals surface area contributed by atoms with Gasteiger partial charge in [-0.3, -0.25) is 9.59 Å². The second-order valence-electron chi connectivity index (χ2n) is 4.68. The molecule has 3 nitrogen and oxygen atoms in total. The maximum atomic E-state index is 11.6. The van der Waals surface area contributed by atoms with Crippen LogP contribution in [-0.2, 0) is 4.79 Å². The van der Waals surface area contributed by atoms with Gasteiger partial charge in [0.2, 0.25) is 0 Å². The van der Waals surface area contributed by atoms with Crippen LogP contribution in [0.15, 0.2) is 6.07 Å². The molecular weight excluding hydrogens is 252 g/mol. The summed E-state index contributed by atoms with van der Waals surface area (Å²) in [5, 5.41) is 0.551. The topological polar surface area (TPSA) is 43.4 Å². The van der Waals surface area contributed by atoms with Crippen LogP contribution in [0.5, 0.6) is 5.75 Å². The van der Waals surface area contributed by atoms with Crippen molar-refractivity contribution >= 4 is 23.2 Å². The monoisotopic (exact) mass is 266 g/mol. The molecule has 0 unspecified atom stereocenters. The van der Waals surface area contributed by atoms with E-state index in [4.69, 9.17) is 16.3 Å². The van der Waals surface area contributed by atoms with Crippen LogP contribution in [0.3, 0.4) is 0 Å². The van der Waals surface area contributed by atoms with Crippen LogP contribution in [0.4, 0.5) is 0 Å². The second-order valence-corrected chi connectivity index (χ2v) is 5.09. The van der Waals surface area contributed by atoms with Crippen molar-refractivity contribution in [3.8, 4) is 5.75 Å². The van der Waals surface area contributed by atoms with Gasteiger partial charge in [0.15, 0.2) is 5.78 Å². The molecule has 0 radical (unpaired) electrons. The molecule has 0 saturated heterocycles. The Morgan fingerprint density at radius 3 is 2.50 bits per heavy atom. The van der Waals surface area contributed by atoms with E-state index in [1.165, 1.54) is 6.92 Å². The molecule has 1 fully saturated rings. The van der Waals surface area contributed by atoms with Crippen LogP contribution in [0.25, 0.3) is 0 Å². The van der Waals surface area contributed by atoms with Gasteiger partial charge in [0.05, 0.1) is 12.7 Å². The molecule has 0 heterocycles. The van der Waals surface area contributed by atoms with Crippen LogP contribution in [0.1, 0.15) is 47.2 Å². The summed E-state index contributed by atoms with van der Waals surface area (Å²) in [5.74, 6) is 0.859. The van der Waals surface area contributed by atoms with Crippen molar-refractivity contribution in [3.05, 3.63) is 27.8 Å². The first-order valence-electron chi connectivity index (χ1n) is 5.85. The Kier molecular flexibility index (Phi) is 3.44. The summed E-state index contributed by atoms with van der Waals surface area (Å²) in [6.07, 6.45) is 1.02. The molecule has 0 amide bonds. The summed E-state index contributed by atoms with van der Waals surface area (Å²) >= 11 is 6.16. The number of carbonyl (C=O) groups excluding carboxylic acids is 2. The molecule has 4 heteroatoms. The van der Waals surface area contributed by atoms with Crippen molar-refractivity contribution in [2.45, 2.75) is 32.6 Å². The molecule has 1 aromatic rings. The number of halogens is 1. The summed E-state index contributed by atoms with van der Waals surface area (Å²) in [6, 6.07) is 1.64. The zero-order chi connectivity index (χ0) is 13.4. The second kappa shape index (κ2) is 4.73. The minimum absolute atomic E-state index is 0.0827. The van der Waals surface area contributed by atoms with Crippen LogP contribution in [0, 0.1) is 6.92 Å². The average Bonchev–Trinajstić information content (AvgIpc) is 2.28. The molecule has 2 rings (SSSR count).